The fourth-order valence-electron chi connectivity index (χ4n) is 0.755. The van der Waals surface area contributed by atoms with E-state index in [1.54, 1.807) is 0 Å². The van der Waals surface area contributed by atoms with Gasteiger partial charge >= 0.3 is 11.9 Å². The Labute approximate surface area is 91.7 Å². The number of hydrogen-bond acceptors (Lipinski definition) is 4. The van der Waals surface area contributed by atoms with Crippen LogP contribution >= 0.6 is 0 Å². The first-order valence-corrected chi connectivity index (χ1v) is 4.87. The Morgan fingerprint density at radius 1 is 0.875 bits per heavy atom. The van der Waals surface area contributed by atoms with E-state index in [0.29, 0.717) is 0 Å². The Hall–Kier alpha value is -1.93. The van der Waals surface area contributed by atoms with Crippen molar-refractivity contribution in [3.63, 3.8) is 0 Å². The van der Waals surface area contributed by atoms with Gasteiger partial charge in [0.2, 0.25) is 0 Å². The van der Waals surface area contributed by atoms with Crippen molar-refractivity contribution < 1.29 is 32.8 Å². The normalized spacial score (nSPS) is 9.12. The van der Waals surface area contributed by atoms with E-state index < -0.39 is 22.9 Å². The molecule has 0 aliphatic carbocycles. The Kier molecular flexibility index (Phi) is 5.75. The number of aromatic carboxylic acids is 2. The van der Waals surface area contributed by atoms with E-state index in [-0.39, 0.29) is 11.1 Å². The second-order valence-electron chi connectivity index (χ2n) is 2.43. The number of carboxylic acids is 2. The maximum absolute atomic E-state index is 10.3. The lowest BCUT2D eigenvalue weighted by Gasteiger charge is -1.94. The van der Waals surface area contributed by atoms with Crippen LogP contribution in [-0.2, 0) is 11.0 Å². The monoisotopic (exact) mass is 248 g/mol. The van der Waals surface area contributed by atoms with Crippen molar-refractivity contribution in [1.29, 1.82) is 0 Å². The van der Waals surface area contributed by atoms with Gasteiger partial charge in [0.05, 0.1) is 11.1 Å². The molecule has 8 heteroatoms. The van der Waals surface area contributed by atoms with Gasteiger partial charge in [-0.05, 0) is 24.3 Å². The molecule has 0 bridgehead atoms. The summed E-state index contributed by atoms with van der Waals surface area (Å²) in [6.07, 6.45) is 0. The van der Waals surface area contributed by atoms with E-state index in [1.807, 2.05) is 0 Å². The molecule has 7 nitrogen and oxygen atoms in total. The molecule has 88 valence electrons. The Morgan fingerprint density at radius 3 is 1.19 bits per heavy atom. The minimum Gasteiger partial charge on any atom is -0.478 e. The molecule has 16 heavy (non-hydrogen) atoms. The number of rotatable bonds is 2. The highest BCUT2D eigenvalue weighted by Gasteiger charge is 2.04. The minimum absolute atomic E-state index is 0.0833. The number of hydrogen-bond donors (Lipinski definition) is 4. The van der Waals surface area contributed by atoms with Crippen LogP contribution in [0.25, 0.3) is 0 Å². The number of carboxylic acid groups (broad SMARTS) is 2. The molecule has 1 rings (SSSR count). The number of benzene rings is 1. The maximum Gasteiger partial charge on any atom is 0.335 e. The lowest BCUT2D eigenvalue weighted by atomic mass is 10.1. The molecule has 0 aliphatic rings. The second-order valence-corrected chi connectivity index (χ2v) is 2.90. The highest BCUT2D eigenvalue weighted by Crippen LogP contribution is 2.03. The second kappa shape index (κ2) is 6.53. The first-order chi connectivity index (χ1) is 7.34. The fourth-order valence-corrected chi connectivity index (χ4v) is 0.755. The molecule has 1 aromatic rings. The lowest BCUT2D eigenvalue weighted by Crippen LogP contribution is -1.99. The highest BCUT2D eigenvalue weighted by molar-refractivity contribution is 7.66. The standard InChI is InChI=1S/C8H6O4.H2O3S/c9-7(10)5-1-2-6(4-3-5)8(11)12;1-4(2)3/h1-4H,(H,9,10)(H,11,12);4H,(H,1,2,3). The third kappa shape index (κ3) is 5.73. The summed E-state index contributed by atoms with van der Waals surface area (Å²) >= 11 is 0. The molecular weight excluding hydrogens is 240 g/mol. The Bertz CT molecular complexity index is 405. The fraction of sp³-hybridized carbons (Fsp3) is 0. The van der Waals surface area contributed by atoms with Gasteiger partial charge in [0.15, 0.2) is 0 Å². The van der Waals surface area contributed by atoms with Crippen LogP contribution in [0.3, 0.4) is 0 Å². The van der Waals surface area contributed by atoms with Crippen LogP contribution < -0.4 is 0 Å². The molecule has 0 radical (unpaired) electrons. The highest BCUT2D eigenvalue weighted by atomic mass is 32.2. The smallest absolute Gasteiger partial charge is 0.335 e. The van der Waals surface area contributed by atoms with Gasteiger partial charge in [-0.3, -0.25) is 4.55 Å². The topological polar surface area (TPSA) is 129 Å². The molecule has 0 atom stereocenters. The van der Waals surface area contributed by atoms with Crippen LogP contribution in [0.15, 0.2) is 24.3 Å². The van der Waals surface area contributed by atoms with Crippen LogP contribution in [0.4, 0.5) is 0 Å². The zero-order valence-electron chi connectivity index (χ0n) is 7.73. The zero-order valence-corrected chi connectivity index (χ0v) is 8.63. The summed E-state index contributed by atoms with van der Waals surface area (Å²) in [5.41, 5.74) is 0.167. The van der Waals surface area contributed by atoms with Gasteiger partial charge in [-0.2, -0.15) is 0 Å². The summed E-state index contributed by atoms with van der Waals surface area (Å²) in [5.74, 6) is -2.13. The average molecular weight is 248 g/mol. The van der Waals surface area contributed by atoms with E-state index in [1.165, 1.54) is 24.3 Å². The third-order valence-corrected chi connectivity index (χ3v) is 1.38. The van der Waals surface area contributed by atoms with Gasteiger partial charge in [-0.15, -0.1) is 0 Å². The molecule has 0 aromatic heterocycles. The summed E-state index contributed by atoms with van der Waals surface area (Å²) in [4.78, 5) is 20.7. The lowest BCUT2D eigenvalue weighted by molar-refractivity contribution is 0.0681. The quantitative estimate of drug-likeness (QED) is 0.433. The van der Waals surface area contributed by atoms with Crippen molar-refractivity contribution in [1.82, 2.24) is 0 Å². The molecule has 0 fully saturated rings. The summed E-state index contributed by atoms with van der Waals surface area (Å²) in [7, 11) is -3.12. The van der Waals surface area contributed by atoms with E-state index >= 15 is 0 Å². The summed E-state index contributed by atoms with van der Waals surface area (Å²) in [5, 5.41) is 16.9. The molecule has 0 saturated carbocycles. The van der Waals surface area contributed by atoms with Gasteiger partial charge in [-0.1, -0.05) is 0 Å². The molecule has 1 aromatic carbocycles. The summed E-state index contributed by atoms with van der Waals surface area (Å²) < 4.78 is 24.2. The molecule has 0 aliphatic heterocycles. The van der Waals surface area contributed by atoms with E-state index in [4.69, 9.17) is 23.2 Å². The Balaban J connectivity index is 0.000000487. The van der Waals surface area contributed by atoms with E-state index in [0.717, 1.165) is 0 Å². The maximum atomic E-state index is 10.3. The molecule has 0 spiro atoms. The molecule has 0 amide bonds. The Morgan fingerprint density at radius 2 is 1.06 bits per heavy atom. The van der Waals surface area contributed by atoms with Crippen molar-refractivity contribution in [3.8, 4) is 0 Å². The van der Waals surface area contributed by atoms with Crippen molar-refractivity contribution in [3.05, 3.63) is 35.4 Å². The number of carbonyl (C=O) groups is 2. The predicted octanol–water partition coefficient (Wildman–Crippen LogP) is 0.154. The molecule has 0 unspecified atom stereocenters. The molecule has 0 heterocycles. The van der Waals surface area contributed by atoms with Gasteiger partial charge in [0.25, 0.3) is 11.0 Å². The third-order valence-electron chi connectivity index (χ3n) is 1.38. The van der Waals surface area contributed by atoms with Crippen LogP contribution in [0, 0.1) is 0 Å². The SMILES string of the molecule is O=C(O)c1ccc(C(=O)O)cc1.O=[SH](=O)O. The molecular formula is C8H8O7S. The number of thiol groups is 1. The van der Waals surface area contributed by atoms with Crippen molar-refractivity contribution >= 4 is 22.9 Å². The van der Waals surface area contributed by atoms with Gasteiger partial charge in [-0.25, -0.2) is 18.0 Å². The molecule has 0 saturated heterocycles. The van der Waals surface area contributed by atoms with Crippen molar-refractivity contribution in [2.45, 2.75) is 0 Å². The average Bonchev–Trinajstić information content (AvgIpc) is 2.17. The predicted molar refractivity (Wildman–Crippen MR) is 53.3 cm³/mol. The van der Waals surface area contributed by atoms with Crippen LogP contribution in [-0.4, -0.2) is 35.1 Å². The van der Waals surface area contributed by atoms with Crippen LogP contribution in [0.1, 0.15) is 20.7 Å². The van der Waals surface area contributed by atoms with Gasteiger partial charge in [0.1, 0.15) is 0 Å². The minimum atomic E-state index is -3.12. The van der Waals surface area contributed by atoms with Crippen molar-refractivity contribution in [2.24, 2.45) is 0 Å². The first kappa shape index (κ1) is 14.1. The molecule has 3 N–H and O–H groups in total. The van der Waals surface area contributed by atoms with Crippen LogP contribution in [0.2, 0.25) is 0 Å². The van der Waals surface area contributed by atoms with E-state index in [2.05, 4.69) is 0 Å². The van der Waals surface area contributed by atoms with Crippen LogP contribution in [0.5, 0.6) is 0 Å². The first-order valence-electron chi connectivity index (χ1n) is 3.74. The van der Waals surface area contributed by atoms with Crippen molar-refractivity contribution in [2.75, 3.05) is 0 Å². The van der Waals surface area contributed by atoms with Gasteiger partial charge < -0.3 is 10.2 Å². The van der Waals surface area contributed by atoms with E-state index in [9.17, 15) is 9.59 Å². The van der Waals surface area contributed by atoms with Gasteiger partial charge in [0, 0.05) is 0 Å². The summed E-state index contributed by atoms with van der Waals surface area (Å²) in [6, 6.07) is 5.02. The summed E-state index contributed by atoms with van der Waals surface area (Å²) in [6.45, 7) is 0. The largest absolute Gasteiger partial charge is 0.478 e. The zero-order chi connectivity index (χ0) is 12.7.